The molecule has 0 saturated carbocycles. The first-order valence-electron chi connectivity index (χ1n) is 10.3. The second-order valence-electron chi connectivity index (χ2n) is 7.16. The highest BCUT2D eigenvalue weighted by Crippen LogP contribution is 2.14. The lowest BCUT2D eigenvalue weighted by atomic mass is 10.1. The Morgan fingerprint density at radius 1 is 1.16 bits per heavy atom. The summed E-state index contributed by atoms with van der Waals surface area (Å²) in [6, 6.07) is 8.28. The number of hydrogen-bond donors (Lipinski definition) is 6. The summed E-state index contributed by atoms with van der Waals surface area (Å²) in [4.78, 5) is 28.2. The van der Waals surface area contributed by atoms with Crippen molar-refractivity contribution in [3.05, 3.63) is 29.8 Å². The lowest BCUT2D eigenvalue weighted by molar-refractivity contribution is -0.130. The third kappa shape index (κ3) is 11.6. The summed E-state index contributed by atoms with van der Waals surface area (Å²) in [5, 5.41) is 26.4. The van der Waals surface area contributed by atoms with Crippen LogP contribution in [0.25, 0.3) is 0 Å². The standard InChI is InChI=1S/C21H33N7O3/c1-15(13-22)25-11-2-3-12-26-20(31)18(14-29)28-19(30)6-4-5-16-7-9-17(10-8-16)27-21(23)24/h7-10,15,18,25,29H,2-6,11-12,14H2,1H3,(H,26,31)(H,28,30)(H4,23,24,27)/t15?,18-/m0/s1. The Bertz CT molecular complexity index is 755. The molecule has 10 nitrogen and oxygen atoms in total. The van der Waals surface area contributed by atoms with Gasteiger partial charge in [0.15, 0.2) is 5.96 Å². The molecule has 0 aliphatic rings. The zero-order valence-corrected chi connectivity index (χ0v) is 17.9. The van der Waals surface area contributed by atoms with Gasteiger partial charge < -0.3 is 32.5 Å². The number of aliphatic hydroxyl groups is 1. The van der Waals surface area contributed by atoms with Gasteiger partial charge in [0.1, 0.15) is 6.04 Å². The number of nitriles is 1. The number of guanidine groups is 1. The number of aryl methyl sites for hydroxylation is 1. The van der Waals surface area contributed by atoms with E-state index in [0.717, 1.165) is 18.4 Å². The minimum atomic E-state index is -0.969. The molecule has 0 saturated heterocycles. The highest BCUT2D eigenvalue weighted by atomic mass is 16.3. The number of hydrogen-bond acceptors (Lipinski definition) is 6. The molecule has 31 heavy (non-hydrogen) atoms. The number of amides is 2. The van der Waals surface area contributed by atoms with Crippen LogP contribution in [0.2, 0.25) is 0 Å². The van der Waals surface area contributed by atoms with E-state index in [9.17, 15) is 14.7 Å². The first-order valence-corrected chi connectivity index (χ1v) is 10.3. The quantitative estimate of drug-likeness (QED) is 0.134. The summed E-state index contributed by atoms with van der Waals surface area (Å²) < 4.78 is 0. The first-order chi connectivity index (χ1) is 14.8. The second-order valence-corrected chi connectivity index (χ2v) is 7.16. The summed E-state index contributed by atoms with van der Waals surface area (Å²) in [6.07, 6.45) is 3.05. The number of carbonyl (C=O) groups is 2. The van der Waals surface area contributed by atoms with Crippen LogP contribution in [0, 0.1) is 11.3 Å². The van der Waals surface area contributed by atoms with Crippen molar-refractivity contribution >= 4 is 23.5 Å². The number of rotatable bonds is 14. The fraction of sp³-hybridized carbons (Fsp3) is 0.524. The predicted octanol–water partition coefficient (Wildman–Crippen LogP) is -0.211. The van der Waals surface area contributed by atoms with Gasteiger partial charge in [-0.3, -0.25) is 9.59 Å². The van der Waals surface area contributed by atoms with Gasteiger partial charge in [0.05, 0.1) is 24.4 Å². The molecule has 0 bridgehead atoms. The van der Waals surface area contributed by atoms with Crippen LogP contribution in [0.3, 0.4) is 0 Å². The molecule has 0 aliphatic heterocycles. The van der Waals surface area contributed by atoms with E-state index < -0.39 is 18.6 Å². The van der Waals surface area contributed by atoms with E-state index in [1.807, 2.05) is 12.1 Å². The summed E-state index contributed by atoms with van der Waals surface area (Å²) in [6.45, 7) is 2.43. The number of aliphatic imine (C=N–C) groups is 1. The molecular weight excluding hydrogens is 398 g/mol. The van der Waals surface area contributed by atoms with E-state index in [2.05, 4.69) is 27.0 Å². The van der Waals surface area contributed by atoms with Crippen molar-refractivity contribution in [1.82, 2.24) is 16.0 Å². The molecule has 0 heterocycles. The van der Waals surface area contributed by atoms with Crippen LogP contribution in [-0.4, -0.2) is 54.7 Å². The molecule has 1 unspecified atom stereocenters. The van der Waals surface area contributed by atoms with Crippen molar-refractivity contribution in [3.63, 3.8) is 0 Å². The SMILES string of the molecule is CC(C#N)NCCCCNC(=O)[C@H](CO)NC(=O)CCCc1ccc(N=C(N)N)cc1. The number of aliphatic hydroxyl groups excluding tert-OH is 1. The average Bonchev–Trinajstić information content (AvgIpc) is 2.74. The molecule has 1 rings (SSSR count). The summed E-state index contributed by atoms with van der Waals surface area (Å²) >= 11 is 0. The Morgan fingerprint density at radius 2 is 1.84 bits per heavy atom. The van der Waals surface area contributed by atoms with Gasteiger partial charge in [0, 0.05) is 13.0 Å². The second kappa shape index (κ2) is 14.8. The highest BCUT2D eigenvalue weighted by Gasteiger charge is 2.19. The van der Waals surface area contributed by atoms with E-state index in [0.29, 0.717) is 31.6 Å². The number of nitrogens with one attached hydrogen (secondary N) is 3. The number of nitrogens with zero attached hydrogens (tertiary/aromatic N) is 2. The Hall–Kier alpha value is -3.16. The minimum Gasteiger partial charge on any atom is -0.394 e. The lowest BCUT2D eigenvalue weighted by Gasteiger charge is -2.16. The van der Waals surface area contributed by atoms with Crippen LogP contribution in [0.15, 0.2) is 29.3 Å². The molecule has 0 radical (unpaired) electrons. The predicted molar refractivity (Wildman–Crippen MR) is 119 cm³/mol. The van der Waals surface area contributed by atoms with Gasteiger partial charge in [-0.1, -0.05) is 12.1 Å². The van der Waals surface area contributed by atoms with Gasteiger partial charge in [-0.2, -0.15) is 5.26 Å². The van der Waals surface area contributed by atoms with Crippen LogP contribution in [0.1, 0.15) is 38.2 Å². The van der Waals surface area contributed by atoms with Crippen molar-refractivity contribution < 1.29 is 14.7 Å². The van der Waals surface area contributed by atoms with Gasteiger partial charge in [0.2, 0.25) is 11.8 Å². The lowest BCUT2D eigenvalue weighted by Crippen LogP contribution is -2.49. The molecule has 2 atom stereocenters. The maximum Gasteiger partial charge on any atom is 0.244 e. The smallest absolute Gasteiger partial charge is 0.244 e. The van der Waals surface area contributed by atoms with E-state index in [1.165, 1.54) is 0 Å². The van der Waals surface area contributed by atoms with E-state index in [1.54, 1.807) is 19.1 Å². The first kappa shape index (κ1) is 25.9. The zero-order valence-electron chi connectivity index (χ0n) is 17.9. The van der Waals surface area contributed by atoms with Crippen LogP contribution >= 0.6 is 0 Å². The zero-order chi connectivity index (χ0) is 23.1. The maximum atomic E-state index is 12.1. The Labute approximate surface area is 183 Å². The molecule has 0 aromatic heterocycles. The fourth-order valence-corrected chi connectivity index (χ4v) is 2.75. The molecule has 10 heteroatoms. The van der Waals surface area contributed by atoms with Crippen LogP contribution < -0.4 is 27.4 Å². The number of unbranched alkanes of at least 4 members (excludes halogenated alkanes) is 1. The third-order valence-corrected chi connectivity index (χ3v) is 4.45. The van der Waals surface area contributed by atoms with Crippen molar-refractivity contribution in [2.45, 2.75) is 51.1 Å². The van der Waals surface area contributed by atoms with E-state index in [4.69, 9.17) is 16.7 Å². The number of nitrogens with two attached hydrogens (primary N) is 2. The number of carbonyl (C=O) groups excluding carboxylic acids is 2. The Morgan fingerprint density at radius 3 is 2.45 bits per heavy atom. The Kier molecular flexibility index (Phi) is 12.3. The molecule has 0 aliphatic carbocycles. The largest absolute Gasteiger partial charge is 0.394 e. The van der Waals surface area contributed by atoms with Crippen LogP contribution in [0.5, 0.6) is 0 Å². The van der Waals surface area contributed by atoms with Crippen molar-refractivity contribution in [1.29, 1.82) is 5.26 Å². The number of benzene rings is 1. The molecule has 1 aromatic carbocycles. The van der Waals surface area contributed by atoms with Crippen molar-refractivity contribution in [3.8, 4) is 6.07 Å². The molecule has 1 aromatic rings. The van der Waals surface area contributed by atoms with Gasteiger partial charge in [-0.15, -0.1) is 0 Å². The molecule has 170 valence electrons. The summed E-state index contributed by atoms with van der Waals surface area (Å²) in [5.41, 5.74) is 12.4. The van der Waals surface area contributed by atoms with Crippen LogP contribution in [-0.2, 0) is 16.0 Å². The third-order valence-electron chi connectivity index (χ3n) is 4.45. The topological polar surface area (TPSA) is 179 Å². The summed E-state index contributed by atoms with van der Waals surface area (Å²) in [5.74, 6) is -0.709. The maximum absolute atomic E-state index is 12.1. The molecule has 0 spiro atoms. The summed E-state index contributed by atoms with van der Waals surface area (Å²) in [7, 11) is 0. The fourth-order valence-electron chi connectivity index (χ4n) is 2.75. The van der Waals surface area contributed by atoms with Crippen molar-refractivity contribution in [2.24, 2.45) is 16.5 Å². The van der Waals surface area contributed by atoms with Gasteiger partial charge in [0.25, 0.3) is 0 Å². The van der Waals surface area contributed by atoms with Gasteiger partial charge >= 0.3 is 0 Å². The minimum absolute atomic E-state index is 0.00543. The van der Waals surface area contributed by atoms with Crippen molar-refractivity contribution in [2.75, 3.05) is 19.7 Å². The molecule has 0 fully saturated rings. The van der Waals surface area contributed by atoms with E-state index >= 15 is 0 Å². The van der Waals surface area contributed by atoms with Gasteiger partial charge in [-0.25, -0.2) is 4.99 Å². The normalized spacial score (nSPS) is 12.3. The highest BCUT2D eigenvalue weighted by molar-refractivity contribution is 5.87. The Balaban J connectivity index is 2.26. The average molecular weight is 432 g/mol. The van der Waals surface area contributed by atoms with Crippen LogP contribution in [0.4, 0.5) is 5.69 Å². The molecular formula is C21H33N7O3. The molecule has 2 amide bonds. The van der Waals surface area contributed by atoms with E-state index in [-0.39, 0.29) is 24.3 Å². The van der Waals surface area contributed by atoms with Gasteiger partial charge in [-0.05, 0) is 56.8 Å². The monoisotopic (exact) mass is 431 g/mol. The molecule has 8 N–H and O–H groups in total.